The van der Waals surface area contributed by atoms with E-state index in [0.29, 0.717) is 62.8 Å². The summed E-state index contributed by atoms with van der Waals surface area (Å²) < 4.78 is 17.1. The second kappa shape index (κ2) is 27.1. The van der Waals surface area contributed by atoms with Crippen LogP contribution < -0.4 is 25.8 Å². The molecule has 1 aromatic carbocycles. The molecular formula is C35H66Cl2N4O6. The number of carbonyl (C=O) groups excluding carboxylic acids is 2. The smallest absolute Gasteiger partial charge is 0.255 e. The van der Waals surface area contributed by atoms with Crippen LogP contribution in [-0.4, -0.2) is 94.6 Å². The maximum absolute atomic E-state index is 13.4. The van der Waals surface area contributed by atoms with Gasteiger partial charge < -0.3 is 40.6 Å². The average Bonchev–Trinajstić information content (AvgIpc) is 2.99. The van der Waals surface area contributed by atoms with Crippen LogP contribution in [0.2, 0.25) is 0 Å². The van der Waals surface area contributed by atoms with Gasteiger partial charge in [-0.25, -0.2) is 0 Å². The summed E-state index contributed by atoms with van der Waals surface area (Å²) in [5, 5.41) is 17.1. The van der Waals surface area contributed by atoms with Crippen molar-refractivity contribution in [1.82, 2.24) is 15.5 Å². The number of nitrogens with zero attached hydrogens (tertiary/aromatic N) is 1. The standard InChI is InChI=1S/C35H64N4O6.2ClH/c1-9-10-16-37-35(42)30(26(4)5)23-32(40)31(36)21-27(25(2)3)24-38-34(41)29-15-14-28(44-20-13-17-39(6)7)22-33(29)45-19-12-11-18-43-8;;/h14-15,22,25-27,30-32,40H,9-13,16-21,23-24,36H2,1-8H3,(H,37,42)(H,38,41);2*1H/t27-,30+,31+,32+;;/m1../s1. The van der Waals surface area contributed by atoms with E-state index in [1.165, 1.54) is 0 Å². The molecule has 0 heterocycles. The van der Waals surface area contributed by atoms with E-state index in [1.54, 1.807) is 25.3 Å². The molecule has 0 unspecified atom stereocenters. The fourth-order valence-corrected chi connectivity index (χ4v) is 5.05. The lowest BCUT2D eigenvalue weighted by Crippen LogP contribution is -2.44. The van der Waals surface area contributed by atoms with E-state index in [2.05, 4.69) is 36.3 Å². The van der Waals surface area contributed by atoms with Crippen LogP contribution in [0.3, 0.4) is 0 Å². The van der Waals surface area contributed by atoms with Gasteiger partial charge in [0.05, 0.1) is 24.9 Å². The van der Waals surface area contributed by atoms with E-state index in [4.69, 9.17) is 19.9 Å². The van der Waals surface area contributed by atoms with Gasteiger partial charge in [0.2, 0.25) is 5.91 Å². The first-order valence-corrected chi connectivity index (χ1v) is 16.9. The lowest BCUT2D eigenvalue weighted by Gasteiger charge is -2.30. The molecule has 1 rings (SSSR count). The largest absolute Gasteiger partial charge is 0.493 e. The SMILES string of the molecule is CCCCNC(=O)[C@@H](C[C@H](O)[C@@H](N)C[C@H](CNC(=O)c1ccc(OCCCN(C)C)cc1OCCCCOC)C(C)C)C(C)C.Cl.Cl. The van der Waals surface area contributed by atoms with Gasteiger partial charge >= 0.3 is 0 Å². The van der Waals surface area contributed by atoms with E-state index < -0.39 is 12.1 Å². The zero-order valence-electron chi connectivity index (χ0n) is 30.2. The number of aliphatic hydroxyl groups is 1. The van der Waals surface area contributed by atoms with Crippen molar-refractivity contribution in [3.05, 3.63) is 23.8 Å². The van der Waals surface area contributed by atoms with Gasteiger partial charge in [-0.3, -0.25) is 9.59 Å². The number of benzene rings is 1. The molecule has 0 aliphatic heterocycles. The van der Waals surface area contributed by atoms with Crippen LogP contribution in [0.5, 0.6) is 11.5 Å². The number of hydrogen-bond donors (Lipinski definition) is 4. The number of nitrogens with two attached hydrogens (primary N) is 1. The van der Waals surface area contributed by atoms with Gasteiger partial charge in [0.1, 0.15) is 11.5 Å². The molecule has 0 fully saturated rings. The minimum Gasteiger partial charge on any atom is -0.493 e. The molecule has 0 aromatic heterocycles. The summed E-state index contributed by atoms with van der Waals surface area (Å²) in [6.45, 7) is 13.9. The Kier molecular flexibility index (Phi) is 27.2. The van der Waals surface area contributed by atoms with Gasteiger partial charge in [-0.15, -0.1) is 24.8 Å². The lowest BCUT2D eigenvalue weighted by atomic mass is 9.83. The Morgan fingerprint density at radius 1 is 0.915 bits per heavy atom. The molecule has 5 N–H and O–H groups in total. The number of aliphatic hydroxyl groups excluding tert-OH is 1. The second-order valence-corrected chi connectivity index (χ2v) is 13.1. The van der Waals surface area contributed by atoms with E-state index in [9.17, 15) is 14.7 Å². The predicted molar refractivity (Wildman–Crippen MR) is 196 cm³/mol. The minimum absolute atomic E-state index is 0. The molecule has 12 heteroatoms. The first-order chi connectivity index (χ1) is 21.4. The van der Waals surface area contributed by atoms with Gasteiger partial charge in [-0.05, 0) is 82.5 Å². The van der Waals surface area contributed by atoms with Crippen LogP contribution in [0.15, 0.2) is 18.2 Å². The number of unbranched alkanes of at least 4 members (excludes halogenated alkanes) is 2. The third-order valence-corrected chi connectivity index (χ3v) is 8.22. The van der Waals surface area contributed by atoms with Gasteiger partial charge in [-0.2, -0.15) is 0 Å². The number of hydrogen-bond acceptors (Lipinski definition) is 8. The molecule has 1 aromatic rings. The van der Waals surface area contributed by atoms with Gasteiger partial charge in [0.15, 0.2) is 0 Å². The normalized spacial score (nSPS) is 13.7. The summed E-state index contributed by atoms with van der Waals surface area (Å²) in [4.78, 5) is 28.3. The third kappa shape index (κ3) is 19.7. The zero-order chi connectivity index (χ0) is 33.8. The molecule has 0 bridgehead atoms. The summed E-state index contributed by atoms with van der Waals surface area (Å²) in [6, 6.07) is 4.82. The third-order valence-electron chi connectivity index (χ3n) is 8.22. The fraction of sp³-hybridized carbons (Fsp3) is 0.771. The highest BCUT2D eigenvalue weighted by molar-refractivity contribution is 5.97. The molecule has 276 valence electrons. The Labute approximate surface area is 297 Å². The highest BCUT2D eigenvalue weighted by atomic mass is 35.5. The quantitative estimate of drug-likeness (QED) is 0.100. The zero-order valence-corrected chi connectivity index (χ0v) is 31.9. The van der Waals surface area contributed by atoms with Crippen molar-refractivity contribution < 1.29 is 28.9 Å². The number of halogens is 2. The fourth-order valence-electron chi connectivity index (χ4n) is 5.05. The Morgan fingerprint density at radius 2 is 1.57 bits per heavy atom. The van der Waals surface area contributed by atoms with Crippen LogP contribution in [0.1, 0.15) is 89.9 Å². The van der Waals surface area contributed by atoms with Crippen LogP contribution >= 0.6 is 24.8 Å². The topological polar surface area (TPSA) is 135 Å². The van der Waals surface area contributed by atoms with Crippen molar-refractivity contribution in [3.8, 4) is 11.5 Å². The number of amides is 2. The molecule has 0 radical (unpaired) electrons. The second-order valence-electron chi connectivity index (χ2n) is 13.1. The number of rotatable bonds is 25. The van der Waals surface area contributed by atoms with Crippen molar-refractivity contribution in [2.75, 3.05) is 60.7 Å². The molecule has 0 aliphatic rings. The van der Waals surface area contributed by atoms with E-state index >= 15 is 0 Å². The number of methoxy groups -OCH3 is 1. The molecule has 47 heavy (non-hydrogen) atoms. The van der Waals surface area contributed by atoms with Crippen molar-refractivity contribution in [2.45, 2.75) is 91.7 Å². The lowest BCUT2D eigenvalue weighted by molar-refractivity contribution is -0.127. The van der Waals surface area contributed by atoms with Crippen molar-refractivity contribution >= 4 is 36.6 Å². The van der Waals surface area contributed by atoms with Crippen molar-refractivity contribution in [1.29, 1.82) is 0 Å². The monoisotopic (exact) mass is 708 g/mol. The maximum Gasteiger partial charge on any atom is 0.255 e. The summed E-state index contributed by atoms with van der Waals surface area (Å²) in [5.41, 5.74) is 6.95. The van der Waals surface area contributed by atoms with Crippen molar-refractivity contribution in [3.63, 3.8) is 0 Å². The molecule has 0 aliphatic carbocycles. The number of carbonyl (C=O) groups is 2. The Balaban J connectivity index is 0. The van der Waals surface area contributed by atoms with Crippen LogP contribution in [0, 0.1) is 23.7 Å². The van der Waals surface area contributed by atoms with E-state index in [-0.39, 0.29) is 60.3 Å². The number of nitrogens with one attached hydrogen (secondary N) is 2. The van der Waals surface area contributed by atoms with Gasteiger partial charge in [-0.1, -0.05) is 41.0 Å². The Morgan fingerprint density at radius 3 is 2.17 bits per heavy atom. The molecule has 0 saturated carbocycles. The minimum atomic E-state index is -0.824. The summed E-state index contributed by atoms with van der Waals surface area (Å²) in [7, 11) is 5.73. The Bertz CT molecular complexity index is 970. The first-order valence-electron chi connectivity index (χ1n) is 16.9. The van der Waals surface area contributed by atoms with Crippen molar-refractivity contribution in [2.24, 2.45) is 29.4 Å². The molecule has 0 saturated heterocycles. The van der Waals surface area contributed by atoms with Crippen LogP contribution in [0.4, 0.5) is 0 Å². The molecule has 10 nitrogen and oxygen atoms in total. The average molecular weight is 710 g/mol. The predicted octanol–water partition coefficient (Wildman–Crippen LogP) is 5.33. The maximum atomic E-state index is 13.4. The Hall–Kier alpha value is -1.82. The van der Waals surface area contributed by atoms with Gasteiger partial charge in [0.25, 0.3) is 5.91 Å². The van der Waals surface area contributed by atoms with Crippen LogP contribution in [-0.2, 0) is 9.53 Å². The van der Waals surface area contributed by atoms with Crippen LogP contribution in [0.25, 0.3) is 0 Å². The summed E-state index contributed by atoms with van der Waals surface area (Å²) in [5.74, 6) is 0.913. The summed E-state index contributed by atoms with van der Waals surface area (Å²) in [6.07, 6.45) is 4.49. The number of ether oxygens (including phenoxy) is 3. The molecule has 2 amide bonds. The highest BCUT2D eigenvalue weighted by Crippen LogP contribution is 2.27. The van der Waals surface area contributed by atoms with E-state index in [1.807, 2.05) is 27.9 Å². The first kappa shape index (κ1) is 47.3. The molecule has 4 atom stereocenters. The van der Waals surface area contributed by atoms with Gasteiger partial charge in [0, 0.05) is 51.4 Å². The molecular weight excluding hydrogens is 643 g/mol. The highest BCUT2D eigenvalue weighted by Gasteiger charge is 2.30. The van der Waals surface area contributed by atoms with E-state index in [0.717, 1.165) is 38.6 Å². The summed E-state index contributed by atoms with van der Waals surface area (Å²) >= 11 is 0. The molecule has 0 spiro atoms.